The van der Waals surface area contributed by atoms with Crippen molar-refractivity contribution in [1.82, 2.24) is 0 Å². The van der Waals surface area contributed by atoms with Crippen molar-refractivity contribution in [2.75, 3.05) is 5.32 Å². The summed E-state index contributed by atoms with van der Waals surface area (Å²) in [6.07, 6.45) is 2.69. The van der Waals surface area contributed by atoms with E-state index in [4.69, 9.17) is 23.2 Å². The van der Waals surface area contributed by atoms with Crippen LogP contribution in [-0.2, 0) is 24.1 Å². The number of rotatable bonds is 9. The van der Waals surface area contributed by atoms with Gasteiger partial charge in [-0.15, -0.1) is 22.9 Å². The molecule has 1 N–H and O–H groups in total. The van der Waals surface area contributed by atoms with Crippen LogP contribution in [0.5, 0.6) is 0 Å². The minimum Gasteiger partial charge on any atom is -0.316 e. The number of carbonyl (C=O) groups excluding carboxylic acids is 2. The summed E-state index contributed by atoms with van der Waals surface area (Å²) >= 11 is 13.6. The standard InChI is InChI=1S/C26H27Cl2NO2S/c1-16(2)14-19-10-8-18(9-11-19)12-13-20-15-22(26(32-20)29-25(31)17(3)27)24(30)21-6-4-5-7-23(21)28/h4-11,15-17H,12-14H2,1-3H3,(H,29,31). The molecule has 1 aromatic heterocycles. The van der Waals surface area contributed by atoms with Crippen molar-refractivity contribution in [3.05, 3.63) is 86.8 Å². The third-order valence-corrected chi connectivity index (χ3v) is 6.71. The highest BCUT2D eigenvalue weighted by atomic mass is 35.5. The van der Waals surface area contributed by atoms with Gasteiger partial charge in [0, 0.05) is 10.4 Å². The van der Waals surface area contributed by atoms with Crippen LogP contribution in [0.4, 0.5) is 5.00 Å². The summed E-state index contributed by atoms with van der Waals surface area (Å²) < 4.78 is 0. The van der Waals surface area contributed by atoms with Crippen LogP contribution in [0.15, 0.2) is 54.6 Å². The van der Waals surface area contributed by atoms with Crippen molar-refractivity contribution >= 4 is 51.2 Å². The first kappa shape index (κ1) is 24.5. The highest BCUT2D eigenvalue weighted by molar-refractivity contribution is 7.16. The molecule has 3 nitrogen and oxygen atoms in total. The molecule has 0 aliphatic rings. The summed E-state index contributed by atoms with van der Waals surface area (Å²) in [5, 5.41) is 3.00. The number of amides is 1. The fourth-order valence-electron chi connectivity index (χ4n) is 3.41. The Balaban J connectivity index is 1.81. The maximum Gasteiger partial charge on any atom is 0.242 e. The van der Waals surface area contributed by atoms with Gasteiger partial charge in [-0.05, 0) is 61.4 Å². The van der Waals surface area contributed by atoms with E-state index in [2.05, 4.69) is 43.4 Å². The molecule has 0 aliphatic carbocycles. The fraction of sp³-hybridized carbons (Fsp3) is 0.308. The number of nitrogens with one attached hydrogen (secondary N) is 1. The van der Waals surface area contributed by atoms with E-state index in [-0.39, 0.29) is 11.7 Å². The first-order chi connectivity index (χ1) is 15.2. The van der Waals surface area contributed by atoms with E-state index in [1.165, 1.54) is 22.5 Å². The summed E-state index contributed by atoms with van der Waals surface area (Å²) in [6, 6.07) is 17.5. The van der Waals surface area contributed by atoms with Crippen LogP contribution in [-0.4, -0.2) is 17.1 Å². The SMILES string of the molecule is CC(C)Cc1ccc(CCc2cc(C(=O)c3ccccc3Cl)c(NC(=O)C(C)Cl)s2)cc1. The van der Waals surface area contributed by atoms with Gasteiger partial charge in [0.25, 0.3) is 0 Å². The van der Waals surface area contributed by atoms with E-state index in [0.717, 1.165) is 24.1 Å². The molecule has 0 aliphatic heterocycles. The molecule has 0 bridgehead atoms. The van der Waals surface area contributed by atoms with E-state index in [0.29, 0.717) is 27.1 Å². The molecule has 1 heterocycles. The molecule has 0 radical (unpaired) electrons. The number of ketones is 1. The lowest BCUT2D eigenvalue weighted by molar-refractivity contribution is -0.115. The summed E-state index contributed by atoms with van der Waals surface area (Å²) in [6.45, 7) is 6.03. The van der Waals surface area contributed by atoms with E-state index >= 15 is 0 Å². The zero-order chi connectivity index (χ0) is 23.3. The molecule has 3 aromatic rings. The number of carbonyl (C=O) groups is 2. The van der Waals surface area contributed by atoms with E-state index in [9.17, 15) is 9.59 Å². The monoisotopic (exact) mass is 487 g/mol. The van der Waals surface area contributed by atoms with E-state index in [1.54, 1.807) is 31.2 Å². The van der Waals surface area contributed by atoms with Crippen LogP contribution in [0.1, 0.15) is 52.7 Å². The Hall–Kier alpha value is -2.14. The number of anilines is 1. The van der Waals surface area contributed by atoms with Crippen molar-refractivity contribution in [1.29, 1.82) is 0 Å². The quantitative estimate of drug-likeness (QED) is 0.256. The molecule has 0 saturated carbocycles. The Bertz CT molecular complexity index is 1090. The normalized spacial score (nSPS) is 12.1. The molecule has 32 heavy (non-hydrogen) atoms. The second kappa shape index (κ2) is 11.1. The average molecular weight is 488 g/mol. The minimum atomic E-state index is -0.701. The number of alkyl halides is 1. The maximum absolute atomic E-state index is 13.2. The van der Waals surface area contributed by atoms with Crippen molar-refractivity contribution < 1.29 is 9.59 Å². The lowest BCUT2D eigenvalue weighted by Crippen LogP contribution is -2.21. The molecule has 168 valence electrons. The Kier molecular flexibility index (Phi) is 8.52. The zero-order valence-electron chi connectivity index (χ0n) is 18.5. The number of benzene rings is 2. The number of hydrogen-bond acceptors (Lipinski definition) is 3. The highest BCUT2D eigenvalue weighted by Crippen LogP contribution is 2.33. The molecule has 1 amide bonds. The van der Waals surface area contributed by atoms with Gasteiger partial charge >= 0.3 is 0 Å². The van der Waals surface area contributed by atoms with Gasteiger partial charge in [-0.2, -0.15) is 0 Å². The maximum atomic E-state index is 13.2. The Labute approximate surface area is 203 Å². The van der Waals surface area contributed by atoms with Crippen LogP contribution >= 0.6 is 34.5 Å². The number of thiophene rings is 1. The first-order valence-corrected chi connectivity index (χ1v) is 12.3. The van der Waals surface area contributed by atoms with Crippen LogP contribution in [0.2, 0.25) is 5.02 Å². The van der Waals surface area contributed by atoms with E-state index in [1.807, 2.05) is 6.07 Å². The van der Waals surface area contributed by atoms with E-state index < -0.39 is 5.38 Å². The van der Waals surface area contributed by atoms with Gasteiger partial charge in [-0.1, -0.05) is 61.8 Å². The van der Waals surface area contributed by atoms with Gasteiger partial charge in [-0.25, -0.2) is 0 Å². The Morgan fingerprint density at radius 1 is 0.938 bits per heavy atom. The molecule has 2 aromatic carbocycles. The second-order valence-corrected chi connectivity index (χ2v) is 10.5. The molecule has 6 heteroatoms. The van der Waals surface area contributed by atoms with Gasteiger partial charge in [0.05, 0.1) is 10.6 Å². The molecule has 1 atom stereocenters. The van der Waals surface area contributed by atoms with Crippen molar-refractivity contribution in [3.8, 4) is 0 Å². The second-order valence-electron chi connectivity index (χ2n) is 8.28. The summed E-state index contributed by atoms with van der Waals surface area (Å²) in [4.78, 5) is 26.4. The summed E-state index contributed by atoms with van der Waals surface area (Å²) in [7, 11) is 0. The summed E-state index contributed by atoms with van der Waals surface area (Å²) in [5.74, 6) is 0.0769. The zero-order valence-corrected chi connectivity index (χ0v) is 20.8. The fourth-order valence-corrected chi connectivity index (χ4v) is 4.74. The predicted molar refractivity (Wildman–Crippen MR) is 136 cm³/mol. The lowest BCUT2D eigenvalue weighted by atomic mass is 10.00. The Morgan fingerprint density at radius 3 is 2.22 bits per heavy atom. The molecule has 0 fully saturated rings. The van der Waals surface area contributed by atoms with Crippen molar-refractivity contribution in [2.24, 2.45) is 5.92 Å². The number of hydrogen-bond donors (Lipinski definition) is 1. The number of halogens is 2. The third kappa shape index (κ3) is 6.44. The predicted octanol–water partition coefficient (Wildman–Crippen LogP) is 7.18. The average Bonchev–Trinajstić information content (AvgIpc) is 3.15. The number of aryl methyl sites for hydroxylation is 2. The summed E-state index contributed by atoms with van der Waals surface area (Å²) in [5.41, 5.74) is 3.43. The topological polar surface area (TPSA) is 46.2 Å². The molecular weight excluding hydrogens is 461 g/mol. The van der Waals surface area contributed by atoms with Gasteiger partial charge < -0.3 is 5.32 Å². The molecular formula is C26H27Cl2NO2S. The van der Waals surface area contributed by atoms with Crippen molar-refractivity contribution in [3.63, 3.8) is 0 Å². The highest BCUT2D eigenvalue weighted by Gasteiger charge is 2.22. The van der Waals surface area contributed by atoms with Crippen LogP contribution in [0, 0.1) is 5.92 Å². The van der Waals surface area contributed by atoms with Gasteiger partial charge in [0.2, 0.25) is 5.91 Å². The minimum absolute atomic E-state index is 0.214. The third-order valence-electron chi connectivity index (χ3n) is 5.07. The van der Waals surface area contributed by atoms with Crippen molar-refractivity contribution in [2.45, 2.75) is 45.4 Å². The Morgan fingerprint density at radius 2 is 1.59 bits per heavy atom. The van der Waals surface area contributed by atoms with Crippen LogP contribution < -0.4 is 5.32 Å². The van der Waals surface area contributed by atoms with Crippen LogP contribution in [0.25, 0.3) is 0 Å². The smallest absolute Gasteiger partial charge is 0.242 e. The first-order valence-electron chi connectivity index (χ1n) is 10.7. The molecule has 3 rings (SSSR count). The molecule has 0 saturated heterocycles. The van der Waals surface area contributed by atoms with Gasteiger partial charge in [0.1, 0.15) is 10.4 Å². The molecule has 0 spiro atoms. The molecule has 1 unspecified atom stereocenters. The van der Waals surface area contributed by atoms with Gasteiger partial charge in [0.15, 0.2) is 5.78 Å². The van der Waals surface area contributed by atoms with Crippen LogP contribution in [0.3, 0.4) is 0 Å². The lowest BCUT2D eigenvalue weighted by Gasteiger charge is -2.07. The largest absolute Gasteiger partial charge is 0.316 e. The van der Waals surface area contributed by atoms with Gasteiger partial charge in [-0.3, -0.25) is 9.59 Å².